The van der Waals surface area contributed by atoms with Crippen LogP contribution in [0.2, 0.25) is 0 Å². The Kier molecular flexibility index (Phi) is 5.84. The molecule has 4 nitrogen and oxygen atoms in total. The van der Waals surface area contributed by atoms with Crippen LogP contribution in [0, 0.1) is 17.3 Å². The quantitative estimate of drug-likeness (QED) is 0.682. The number of amides is 1. The van der Waals surface area contributed by atoms with Crippen LogP contribution in [0.1, 0.15) is 36.7 Å². The highest BCUT2D eigenvalue weighted by molar-refractivity contribution is 6.00. The summed E-state index contributed by atoms with van der Waals surface area (Å²) in [5.41, 5.74) is -0.998. The Morgan fingerprint density at radius 3 is 1.96 bits per heavy atom. The summed E-state index contributed by atoms with van der Waals surface area (Å²) in [5.74, 6) is 5.00. The molecule has 0 aliphatic carbocycles. The van der Waals surface area contributed by atoms with Crippen LogP contribution in [0.3, 0.4) is 0 Å². The molecule has 0 aliphatic heterocycles. The lowest BCUT2D eigenvalue weighted by molar-refractivity contribution is -0.149. The molecule has 26 heavy (non-hydrogen) atoms. The predicted octanol–water partition coefficient (Wildman–Crippen LogP) is 3.43. The SMILES string of the molecule is COC(=O)C(C#Cc1ccccc1)(NC(=O)c1ccccc1)C(C)(C)C. The van der Waals surface area contributed by atoms with E-state index in [1.165, 1.54) is 7.11 Å². The molecule has 1 N–H and O–H groups in total. The fourth-order valence-electron chi connectivity index (χ4n) is 2.49. The molecule has 0 aromatic heterocycles. The second kappa shape index (κ2) is 7.88. The molecule has 2 aromatic rings. The molecule has 4 heteroatoms. The van der Waals surface area contributed by atoms with Gasteiger partial charge in [-0.05, 0) is 24.3 Å². The molecular weight excluding hydrogens is 326 g/mol. The molecule has 0 heterocycles. The van der Waals surface area contributed by atoms with Gasteiger partial charge in [-0.1, -0.05) is 69.0 Å². The number of methoxy groups -OCH3 is 1. The number of esters is 1. The molecule has 0 saturated heterocycles. The highest BCUT2D eigenvalue weighted by Gasteiger charge is 2.50. The van der Waals surface area contributed by atoms with Crippen LogP contribution < -0.4 is 5.32 Å². The number of nitrogens with one attached hydrogen (secondary N) is 1. The zero-order valence-corrected chi connectivity index (χ0v) is 15.5. The van der Waals surface area contributed by atoms with E-state index in [0.717, 1.165) is 5.56 Å². The van der Waals surface area contributed by atoms with Gasteiger partial charge >= 0.3 is 5.97 Å². The molecular formula is C22H23NO3. The van der Waals surface area contributed by atoms with Gasteiger partial charge in [-0.3, -0.25) is 4.79 Å². The molecule has 2 rings (SSSR count). The minimum atomic E-state index is -1.50. The highest BCUT2D eigenvalue weighted by atomic mass is 16.5. The van der Waals surface area contributed by atoms with E-state index in [1.54, 1.807) is 24.3 Å². The van der Waals surface area contributed by atoms with Gasteiger partial charge in [0.15, 0.2) is 0 Å². The first kappa shape index (κ1) is 19.3. The first-order valence-electron chi connectivity index (χ1n) is 8.34. The summed E-state index contributed by atoms with van der Waals surface area (Å²) in [7, 11) is 1.29. The van der Waals surface area contributed by atoms with E-state index in [0.29, 0.717) is 5.56 Å². The van der Waals surface area contributed by atoms with Crippen LogP contribution in [0.4, 0.5) is 0 Å². The predicted molar refractivity (Wildman–Crippen MR) is 101 cm³/mol. The molecule has 134 valence electrons. The summed E-state index contributed by atoms with van der Waals surface area (Å²) in [6, 6.07) is 18.0. The van der Waals surface area contributed by atoms with Gasteiger partial charge in [0.25, 0.3) is 5.91 Å². The first-order chi connectivity index (χ1) is 12.3. The average Bonchev–Trinajstić information content (AvgIpc) is 2.64. The minimum absolute atomic E-state index is 0.381. The van der Waals surface area contributed by atoms with Crippen LogP contribution in [0.15, 0.2) is 60.7 Å². The number of carbonyl (C=O) groups is 2. The fraction of sp³-hybridized carbons (Fsp3) is 0.273. The molecule has 2 aromatic carbocycles. The number of hydrogen-bond donors (Lipinski definition) is 1. The van der Waals surface area contributed by atoms with E-state index in [1.807, 2.05) is 57.2 Å². The maximum atomic E-state index is 12.8. The summed E-state index contributed by atoms with van der Waals surface area (Å²) < 4.78 is 5.01. The smallest absolute Gasteiger partial charge is 0.344 e. The van der Waals surface area contributed by atoms with Crippen molar-refractivity contribution in [1.82, 2.24) is 5.32 Å². The van der Waals surface area contributed by atoms with Crippen LogP contribution in [-0.4, -0.2) is 24.5 Å². The van der Waals surface area contributed by atoms with Gasteiger partial charge in [-0.2, -0.15) is 0 Å². The van der Waals surface area contributed by atoms with Crippen molar-refractivity contribution >= 4 is 11.9 Å². The molecule has 0 bridgehead atoms. The van der Waals surface area contributed by atoms with Crippen molar-refractivity contribution in [2.75, 3.05) is 7.11 Å². The van der Waals surface area contributed by atoms with E-state index in [2.05, 4.69) is 17.2 Å². The topological polar surface area (TPSA) is 55.4 Å². The van der Waals surface area contributed by atoms with Gasteiger partial charge in [-0.15, -0.1) is 0 Å². The standard InChI is InChI=1S/C22H23NO3/c1-21(2,3)22(20(25)26-4,16-15-17-11-7-5-8-12-17)23-19(24)18-13-9-6-10-14-18/h5-14H,1-4H3,(H,23,24). The summed E-state index contributed by atoms with van der Waals surface area (Å²) in [6.07, 6.45) is 0. The normalized spacial score (nSPS) is 12.9. The summed E-state index contributed by atoms with van der Waals surface area (Å²) in [6.45, 7) is 5.53. The third-order valence-electron chi connectivity index (χ3n) is 4.12. The van der Waals surface area contributed by atoms with Crippen molar-refractivity contribution < 1.29 is 14.3 Å². The molecule has 0 saturated carbocycles. The zero-order chi connectivity index (χ0) is 19.2. The third kappa shape index (κ3) is 4.12. The lowest BCUT2D eigenvalue weighted by Gasteiger charge is -2.38. The maximum Gasteiger partial charge on any atom is 0.344 e. The Bertz CT molecular complexity index is 826. The number of benzene rings is 2. The van der Waals surface area contributed by atoms with Crippen LogP contribution in [0.5, 0.6) is 0 Å². The first-order valence-corrected chi connectivity index (χ1v) is 8.34. The van der Waals surface area contributed by atoms with Crippen molar-refractivity contribution in [1.29, 1.82) is 0 Å². The highest BCUT2D eigenvalue weighted by Crippen LogP contribution is 2.32. The Hall–Kier alpha value is -3.06. The Balaban J connectivity index is 2.52. The summed E-state index contributed by atoms with van der Waals surface area (Å²) in [4.78, 5) is 25.5. The molecule has 1 atom stereocenters. The number of carbonyl (C=O) groups excluding carboxylic acids is 2. The van der Waals surface area contributed by atoms with Crippen molar-refractivity contribution in [3.8, 4) is 11.8 Å². The molecule has 1 amide bonds. The van der Waals surface area contributed by atoms with Crippen molar-refractivity contribution in [3.05, 3.63) is 71.8 Å². The summed E-state index contributed by atoms with van der Waals surface area (Å²) in [5, 5.41) is 2.82. The Labute approximate surface area is 154 Å². The number of hydrogen-bond acceptors (Lipinski definition) is 3. The monoisotopic (exact) mass is 349 g/mol. The van der Waals surface area contributed by atoms with Crippen LogP contribution in [-0.2, 0) is 9.53 Å². The van der Waals surface area contributed by atoms with Gasteiger partial charge in [-0.25, -0.2) is 4.79 Å². The second-order valence-electron chi connectivity index (χ2n) is 6.93. The molecule has 0 aliphatic rings. The van der Waals surface area contributed by atoms with Crippen LogP contribution >= 0.6 is 0 Å². The molecule has 0 fully saturated rings. The lowest BCUT2D eigenvalue weighted by atomic mass is 9.73. The Morgan fingerprint density at radius 2 is 1.46 bits per heavy atom. The van der Waals surface area contributed by atoms with E-state index >= 15 is 0 Å². The number of ether oxygens (including phenoxy) is 1. The fourth-order valence-corrected chi connectivity index (χ4v) is 2.49. The van der Waals surface area contributed by atoms with Crippen molar-refractivity contribution in [2.24, 2.45) is 5.41 Å². The third-order valence-corrected chi connectivity index (χ3v) is 4.12. The number of rotatable bonds is 3. The minimum Gasteiger partial charge on any atom is -0.467 e. The molecule has 0 radical (unpaired) electrons. The average molecular weight is 349 g/mol. The van der Waals surface area contributed by atoms with E-state index < -0.39 is 16.9 Å². The lowest BCUT2D eigenvalue weighted by Crippen LogP contribution is -2.62. The van der Waals surface area contributed by atoms with Crippen molar-refractivity contribution in [3.63, 3.8) is 0 Å². The zero-order valence-electron chi connectivity index (χ0n) is 15.5. The van der Waals surface area contributed by atoms with Gasteiger partial charge in [0, 0.05) is 16.5 Å². The van der Waals surface area contributed by atoms with Crippen molar-refractivity contribution in [2.45, 2.75) is 26.3 Å². The Morgan fingerprint density at radius 1 is 0.923 bits per heavy atom. The molecule has 1 unspecified atom stereocenters. The summed E-state index contributed by atoms with van der Waals surface area (Å²) >= 11 is 0. The van der Waals surface area contributed by atoms with Gasteiger partial charge in [0.1, 0.15) is 0 Å². The van der Waals surface area contributed by atoms with Crippen LogP contribution in [0.25, 0.3) is 0 Å². The van der Waals surface area contributed by atoms with Gasteiger partial charge in [0.2, 0.25) is 5.54 Å². The van der Waals surface area contributed by atoms with Gasteiger partial charge in [0.05, 0.1) is 7.11 Å². The van der Waals surface area contributed by atoms with E-state index in [-0.39, 0.29) is 5.91 Å². The van der Waals surface area contributed by atoms with E-state index in [4.69, 9.17) is 4.74 Å². The van der Waals surface area contributed by atoms with Gasteiger partial charge < -0.3 is 10.1 Å². The second-order valence-corrected chi connectivity index (χ2v) is 6.93. The largest absolute Gasteiger partial charge is 0.467 e. The maximum absolute atomic E-state index is 12.8. The molecule has 0 spiro atoms. The van der Waals surface area contributed by atoms with E-state index in [9.17, 15) is 9.59 Å².